The molecular weight excluding hydrogens is 264 g/mol. The van der Waals surface area contributed by atoms with E-state index in [0.29, 0.717) is 11.4 Å². The standard InChI is InChI=1S/C12H20N4O2S/c1-3-15(2)19(17,18)12-10-14-5-4-11(12)16-8-6-13-7-9-16/h4-5,10,13H,3,6-9H2,1-2H3. The van der Waals surface area contributed by atoms with Gasteiger partial charge in [0.15, 0.2) is 0 Å². The summed E-state index contributed by atoms with van der Waals surface area (Å²) in [6.45, 7) is 5.61. The maximum atomic E-state index is 12.5. The molecule has 0 aromatic carbocycles. The molecule has 0 aliphatic carbocycles. The highest BCUT2D eigenvalue weighted by Crippen LogP contribution is 2.26. The van der Waals surface area contributed by atoms with E-state index in [0.717, 1.165) is 31.9 Å². The molecule has 0 unspecified atom stereocenters. The molecule has 1 fully saturated rings. The number of anilines is 1. The Morgan fingerprint density at radius 2 is 2.11 bits per heavy atom. The Morgan fingerprint density at radius 3 is 2.74 bits per heavy atom. The molecule has 0 amide bonds. The van der Waals surface area contributed by atoms with Gasteiger partial charge in [0.25, 0.3) is 0 Å². The molecule has 0 radical (unpaired) electrons. The molecule has 0 saturated carbocycles. The monoisotopic (exact) mass is 284 g/mol. The maximum absolute atomic E-state index is 12.5. The van der Waals surface area contributed by atoms with Gasteiger partial charge in [-0.2, -0.15) is 0 Å². The second-order valence-electron chi connectivity index (χ2n) is 4.50. The summed E-state index contributed by atoms with van der Waals surface area (Å²) in [5.41, 5.74) is 0.747. The van der Waals surface area contributed by atoms with E-state index in [9.17, 15) is 8.42 Å². The number of pyridine rings is 1. The maximum Gasteiger partial charge on any atom is 0.246 e. The lowest BCUT2D eigenvalue weighted by Gasteiger charge is -2.31. The Kier molecular flexibility index (Phi) is 4.38. The van der Waals surface area contributed by atoms with Crippen LogP contribution < -0.4 is 10.2 Å². The van der Waals surface area contributed by atoms with Crippen LogP contribution >= 0.6 is 0 Å². The predicted octanol–water partition coefficient (Wildman–Crippen LogP) is 0.132. The van der Waals surface area contributed by atoms with Gasteiger partial charge >= 0.3 is 0 Å². The highest BCUT2D eigenvalue weighted by atomic mass is 32.2. The van der Waals surface area contributed by atoms with Gasteiger partial charge in [0, 0.05) is 52.2 Å². The van der Waals surface area contributed by atoms with E-state index in [1.54, 1.807) is 19.3 Å². The third-order valence-corrected chi connectivity index (χ3v) is 5.30. The Hall–Kier alpha value is -1.18. The molecule has 0 atom stereocenters. The average molecular weight is 284 g/mol. The van der Waals surface area contributed by atoms with Crippen molar-refractivity contribution in [2.24, 2.45) is 0 Å². The Morgan fingerprint density at radius 1 is 1.42 bits per heavy atom. The van der Waals surface area contributed by atoms with Crippen LogP contribution in [-0.4, -0.2) is 57.5 Å². The second-order valence-corrected chi connectivity index (χ2v) is 6.51. The predicted molar refractivity (Wildman–Crippen MR) is 74.8 cm³/mol. The number of hydrogen-bond donors (Lipinski definition) is 1. The lowest BCUT2D eigenvalue weighted by molar-refractivity contribution is 0.485. The molecule has 1 saturated heterocycles. The van der Waals surface area contributed by atoms with Crippen molar-refractivity contribution in [1.29, 1.82) is 0 Å². The molecule has 1 aliphatic heterocycles. The van der Waals surface area contributed by atoms with Crippen molar-refractivity contribution < 1.29 is 8.42 Å². The van der Waals surface area contributed by atoms with Crippen molar-refractivity contribution in [3.8, 4) is 0 Å². The molecule has 7 heteroatoms. The van der Waals surface area contributed by atoms with Gasteiger partial charge in [-0.3, -0.25) is 4.98 Å². The summed E-state index contributed by atoms with van der Waals surface area (Å²) in [5.74, 6) is 0. The van der Waals surface area contributed by atoms with Crippen LogP contribution in [0.15, 0.2) is 23.4 Å². The zero-order chi connectivity index (χ0) is 13.9. The summed E-state index contributed by atoms with van der Waals surface area (Å²) < 4.78 is 26.3. The highest BCUT2D eigenvalue weighted by Gasteiger charge is 2.26. The van der Waals surface area contributed by atoms with E-state index >= 15 is 0 Å². The third-order valence-electron chi connectivity index (χ3n) is 3.35. The highest BCUT2D eigenvalue weighted by molar-refractivity contribution is 7.89. The number of nitrogens with one attached hydrogen (secondary N) is 1. The molecule has 1 aromatic heterocycles. The number of rotatable bonds is 4. The number of nitrogens with zero attached hydrogens (tertiary/aromatic N) is 3. The summed E-state index contributed by atoms with van der Waals surface area (Å²) >= 11 is 0. The molecule has 106 valence electrons. The Balaban J connectivity index is 2.41. The molecule has 1 aliphatic rings. The van der Waals surface area contributed by atoms with Crippen LogP contribution in [0.5, 0.6) is 0 Å². The smallest absolute Gasteiger partial charge is 0.246 e. The van der Waals surface area contributed by atoms with Crippen molar-refractivity contribution in [2.75, 3.05) is 44.7 Å². The van der Waals surface area contributed by atoms with Gasteiger partial charge in [0.05, 0.1) is 5.69 Å². The topological polar surface area (TPSA) is 65.5 Å². The molecule has 1 aromatic rings. The van der Waals surface area contributed by atoms with Crippen LogP contribution in [0.1, 0.15) is 6.92 Å². The van der Waals surface area contributed by atoms with Crippen LogP contribution in [0.4, 0.5) is 5.69 Å². The van der Waals surface area contributed by atoms with Crippen LogP contribution in [0.25, 0.3) is 0 Å². The van der Waals surface area contributed by atoms with E-state index in [-0.39, 0.29) is 0 Å². The summed E-state index contributed by atoms with van der Waals surface area (Å²) in [5, 5.41) is 3.26. The number of sulfonamides is 1. The fourth-order valence-electron chi connectivity index (χ4n) is 2.08. The van der Waals surface area contributed by atoms with Gasteiger partial charge in [-0.1, -0.05) is 6.92 Å². The zero-order valence-electron chi connectivity index (χ0n) is 11.3. The summed E-state index contributed by atoms with van der Waals surface area (Å²) in [4.78, 5) is 6.36. The van der Waals surface area contributed by atoms with Gasteiger partial charge in [0.1, 0.15) is 4.90 Å². The minimum atomic E-state index is -3.46. The van der Waals surface area contributed by atoms with Crippen molar-refractivity contribution in [3.05, 3.63) is 18.5 Å². The fraction of sp³-hybridized carbons (Fsp3) is 0.583. The van der Waals surface area contributed by atoms with Gasteiger partial charge in [-0.15, -0.1) is 0 Å². The third kappa shape index (κ3) is 2.88. The molecule has 0 spiro atoms. The molecule has 2 rings (SSSR count). The number of piperazine rings is 1. The lowest BCUT2D eigenvalue weighted by atomic mass is 10.3. The largest absolute Gasteiger partial charge is 0.368 e. The summed E-state index contributed by atoms with van der Waals surface area (Å²) in [6, 6.07) is 1.78. The van der Waals surface area contributed by atoms with Crippen LogP contribution in [0.2, 0.25) is 0 Å². The molecule has 19 heavy (non-hydrogen) atoms. The van der Waals surface area contributed by atoms with Gasteiger partial charge in [0.2, 0.25) is 10.0 Å². The first-order valence-electron chi connectivity index (χ1n) is 6.43. The van der Waals surface area contributed by atoms with Crippen LogP contribution in [-0.2, 0) is 10.0 Å². The summed E-state index contributed by atoms with van der Waals surface area (Å²) in [7, 11) is -1.87. The fourth-order valence-corrected chi connectivity index (χ4v) is 3.41. The van der Waals surface area contributed by atoms with Gasteiger partial charge in [-0.25, -0.2) is 12.7 Å². The van der Waals surface area contributed by atoms with E-state index in [2.05, 4.69) is 15.2 Å². The first-order chi connectivity index (χ1) is 9.07. The lowest BCUT2D eigenvalue weighted by Crippen LogP contribution is -2.44. The molecule has 6 nitrogen and oxygen atoms in total. The van der Waals surface area contributed by atoms with Crippen molar-refractivity contribution in [1.82, 2.24) is 14.6 Å². The minimum Gasteiger partial charge on any atom is -0.368 e. The van der Waals surface area contributed by atoms with E-state index < -0.39 is 10.0 Å². The second kappa shape index (κ2) is 5.85. The van der Waals surface area contributed by atoms with Crippen molar-refractivity contribution >= 4 is 15.7 Å². The molecule has 1 N–H and O–H groups in total. The van der Waals surface area contributed by atoms with Crippen LogP contribution in [0, 0.1) is 0 Å². The van der Waals surface area contributed by atoms with Gasteiger partial charge < -0.3 is 10.2 Å². The first kappa shape index (κ1) is 14.2. The van der Waals surface area contributed by atoms with Gasteiger partial charge in [-0.05, 0) is 6.07 Å². The molecule has 0 bridgehead atoms. The van der Waals surface area contributed by atoms with Crippen molar-refractivity contribution in [2.45, 2.75) is 11.8 Å². The van der Waals surface area contributed by atoms with Crippen LogP contribution in [0.3, 0.4) is 0 Å². The van der Waals surface area contributed by atoms with E-state index in [4.69, 9.17) is 0 Å². The first-order valence-corrected chi connectivity index (χ1v) is 7.87. The molecular formula is C12H20N4O2S. The summed E-state index contributed by atoms with van der Waals surface area (Å²) in [6.07, 6.45) is 3.08. The zero-order valence-corrected chi connectivity index (χ0v) is 12.2. The molecule has 2 heterocycles. The Labute approximate surface area is 114 Å². The normalized spacial score (nSPS) is 16.9. The average Bonchev–Trinajstić information content (AvgIpc) is 2.47. The number of aromatic nitrogens is 1. The quantitative estimate of drug-likeness (QED) is 0.851. The van der Waals surface area contributed by atoms with E-state index in [1.807, 2.05) is 6.92 Å². The van der Waals surface area contributed by atoms with Crippen molar-refractivity contribution in [3.63, 3.8) is 0 Å². The SMILES string of the molecule is CCN(C)S(=O)(=O)c1cnccc1N1CCNCC1. The Bertz CT molecular complexity index is 526. The van der Waals surface area contributed by atoms with E-state index in [1.165, 1.54) is 10.5 Å². The number of hydrogen-bond acceptors (Lipinski definition) is 5. The minimum absolute atomic E-state index is 0.293.